The highest BCUT2D eigenvalue weighted by Gasteiger charge is 2.16. The number of rotatable bonds is 3. The first-order valence-corrected chi connectivity index (χ1v) is 7.11. The fourth-order valence-electron chi connectivity index (χ4n) is 2.37. The molecule has 114 valence electrons. The molecule has 5 heteroatoms. The Hall–Kier alpha value is -2.56. The zero-order valence-corrected chi connectivity index (χ0v) is 12.5. The Morgan fingerprint density at radius 1 is 1.18 bits per heavy atom. The first-order valence-electron chi connectivity index (χ1n) is 7.11. The summed E-state index contributed by atoms with van der Waals surface area (Å²) in [4.78, 5) is 22.7. The second-order valence-electron chi connectivity index (χ2n) is 5.25. The van der Waals surface area contributed by atoms with Gasteiger partial charge in [-0.15, -0.1) is 0 Å². The van der Waals surface area contributed by atoms with Gasteiger partial charge in [0.15, 0.2) is 0 Å². The summed E-state index contributed by atoms with van der Waals surface area (Å²) in [5.74, 6) is 1.04. The molecule has 1 aromatic heterocycles. The van der Waals surface area contributed by atoms with E-state index in [0.717, 1.165) is 10.9 Å². The standard InChI is InChI=1S/C17H16O5/c1-10-11(2)17(19)22-15-9-13(3-5-14(10)15)20-8-7-12-4-6-16(18)21-12/h3,5,7,9H,4,6,8H2,1-2H3/b12-7+. The number of aryl methyl sites for hydroxylation is 1. The van der Waals surface area contributed by atoms with E-state index in [1.165, 1.54) is 0 Å². The third kappa shape index (κ3) is 2.74. The maximum Gasteiger partial charge on any atom is 0.339 e. The molecule has 0 spiro atoms. The van der Waals surface area contributed by atoms with Gasteiger partial charge in [0, 0.05) is 23.4 Å². The van der Waals surface area contributed by atoms with E-state index in [4.69, 9.17) is 13.9 Å². The van der Waals surface area contributed by atoms with Gasteiger partial charge in [-0.05, 0) is 37.6 Å². The van der Waals surface area contributed by atoms with E-state index in [1.54, 1.807) is 19.1 Å². The largest absolute Gasteiger partial charge is 0.489 e. The summed E-state index contributed by atoms with van der Waals surface area (Å²) < 4.78 is 15.9. The van der Waals surface area contributed by atoms with Gasteiger partial charge < -0.3 is 13.9 Å². The van der Waals surface area contributed by atoms with Crippen LogP contribution in [0.1, 0.15) is 24.0 Å². The Morgan fingerprint density at radius 3 is 2.73 bits per heavy atom. The van der Waals surface area contributed by atoms with E-state index in [9.17, 15) is 9.59 Å². The summed E-state index contributed by atoms with van der Waals surface area (Å²) in [5, 5.41) is 0.896. The van der Waals surface area contributed by atoms with Gasteiger partial charge in [0.1, 0.15) is 23.7 Å². The fraction of sp³-hybridized carbons (Fsp3) is 0.294. The van der Waals surface area contributed by atoms with Crippen LogP contribution in [0.2, 0.25) is 0 Å². The summed E-state index contributed by atoms with van der Waals surface area (Å²) in [5.41, 5.74) is 1.71. The average molecular weight is 300 g/mol. The van der Waals surface area contributed by atoms with Crippen molar-refractivity contribution >= 4 is 16.9 Å². The van der Waals surface area contributed by atoms with Crippen LogP contribution in [0.5, 0.6) is 5.75 Å². The minimum absolute atomic E-state index is 0.204. The van der Waals surface area contributed by atoms with Crippen molar-refractivity contribution in [3.05, 3.63) is 51.6 Å². The van der Waals surface area contributed by atoms with Gasteiger partial charge in [-0.2, -0.15) is 0 Å². The second kappa shape index (κ2) is 5.67. The first-order chi connectivity index (χ1) is 10.5. The smallest absolute Gasteiger partial charge is 0.339 e. The second-order valence-corrected chi connectivity index (χ2v) is 5.25. The molecular formula is C17H16O5. The van der Waals surface area contributed by atoms with Crippen LogP contribution in [0.15, 0.2) is 39.2 Å². The molecule has 0 amide bonds. The number of allylic oxidation sites excluding steroid dienone is 1. The molecule has 0 unspecified atom stereocenters. The summed E-state index contributed by atoms with van der Waals surface area (Å²) in [6, 6.07) is 5.40. The SMILES string of the molecule is Cc1c(C)c2ccc(OC/C=C3\CCC(=O)O3)cc2oc1=O. The van der Waals surface area contributed by atoms with Crippen molar-refractivity contribution in [1.29, 1.82) is 0 Å². The topological polar surface area (TPSA) is 65.7 Å². The van der Waals surface area contributed by atoms with Gasteiger partial charge in [0.25, 0.3) is 0 Å². The fourth-order valence-corrected chi connectivity index (χ4v) is 2.37. The Bertz CT molecular complexity index is 829. The Balaban J connectivity index is 1.79. The Kier molecular flexibility index (Phi) is 3.71. The van der Waals surface area contributed by atoms with E-state index in [-0.39, 0.29) is 11.6 Å². The highest BCUT2D eigenvalue weighted by Crippen LogP contribution is 2.24. The minimum atomic E-state index is -0.331. The molecule has 0 aliphatic carbocycles. The lowest BCUT2D eigenvalue weighted by Gasteiger charge is -2.07. The van der Waals surface area contributed by atoms with E-state index in [1.807, 2.05) is 19.1 Å². The maximum atomic E-state index is 11.7. The molecule has 2 aromatic rings. The molecule has 0 N–H and O–H groups in total. The molecule has 1 saturated heterocycles. The van der Waals surface area contributed by atoms with Crippen LogP contribution in [-0.2, 0) is 9.53 Å². The van der Waals surface area contributed by atoms with Gasteiger partial charge in [0.2, 0.25) is 0 Å². The van der Waals surface area contributed by atoms with Crippen molar-refractivity contribution in [2.24, 2.45) is 0 Å². The molecule has 22 heavy (non-hydrogen) atoms. The van der Waals surface area contributed by atoms with Gasteiger partial charge in [0.05, 0.1) is 6.42 Å². The molecule has 1 aliphatic rings. The molecule has 1 aliphatic heterocycles. The molecule has 5 nitrogen and oxygen atoms in total. The highest BCUT2D eigenvalue weighted by molar-refractivity contribution is 5.82. The summed E-state index contributed by atoms with van der Waals surface area (Å²) >= 11 is 0. The number of carbonyl (C=O) groups excluding carboxylic acids is 1. The number of carbonyl (C=O) groups is 1. The number of hydrogen-bond donors (Lipinski definition) is 0. The Labute approximate surface area is 127 Å². The molecular weight excluding hydrogens is 284 g/mol. The summed E-state index contributed by atoms with van der Waals surface area (Å²) in [7, 11) is 0. The predicted octanol–water partition coefficient (Wildman–Crippen LogP) is 3.01. The van der Waals surface area contributed by atoms with Gasteiger partial charge >= 0.3 is 11.6 Å². The lowest BCUT2D eigenvalue weighted by atomic mass is 10.1. The van der Waals surface area contributed by atoms with E-state index >= 15 is 0 Å². The Morgan fingerprint density at radius 2 is 2.00 bits per heavy atom. The van der Waals surface area contributed by atoms with E-state index < -0.39 is 0 Å². The third-order valence-corrected chi connectivity index (χ3v) is 3.81. The van der Waals surface area contributed by atoms with Crippen LogP contribution < -0.4 is 10.4 Å². The molecule has 0 radical (unpaired) electrons. The van der Waals surface area contributed by atoms with Crippen LogP contribution >= 0.6 is 0 Å². The molecule has 3 rings (SSSR count). The van der Waals surface area contributed by atoms with Crippen LogP contribution in [0.3, 0.4) is 0 Å². The van der Waals surface area contributed by atoms with Crippen molar-refractivity contribution in [2.45, 2.75) is 26.7 Å². The number of fused-ring (bicyclic) bond motifs is 1. The zero-order valence-electron chi connectivity index (χ0n) is 12.5. The van der Waals surface area contributed by atoms with Crippen LogP contribution in [0, 0.1) is 13.8 Å². The number of cyclic esters (lactones) is 1. The average Bonchev–Trinajstić information content (AvgIpc) is 2.90. The molecule has 1 aromatic carbocycles. The lowest BCUT2D eigenvalue weighted by molar-refractivity contribution is -0.135. The number of benzene rings is 1. The van der Waals surface area contributed by atoms with Gasteiger partial charge in [-0.1, -0.05) is 0 Å². The summed E-state index contributed by atoms with van der Waals surface area (Å²) in [6.07, 6.45) is 2.78. The van der Waals surface area contributed by atoms with Crippen molar-refractivity contribution in [3.63, 3.8) is 0 Å². The van der Waals surface area contributed by atoms with Crippen molar-refractivity contribution in [3.8, 4) is 5.75 Å². The minimum Gasteiger partial charge on any atom is -0.489 e. The van der Waals surface area contributed by atoms with Crippen LogP contribution in [0.25, 0.3) is 11.0 Å². The first kappa shape index (κ1) is 14.4. The number of hydrogen-bond acceptors (Lipinski definition) is 5. The number of esters is 1. The van der Waals surface area contributed by atoms with E-state index in [0.29, 0.717) is 42.1 Å². The molecule has 1 fully saturated rings. The quantitative estimate of drug-likeness (QED) is 0.644. The van der Waals surface area contributed by atoms with Gasteiger partial charge in [-0.25, -0.2) is 4.79 Å². The van der Waals surface area contributed by atoms with Crippen LogP contribution in [-0.4, -0.2) is 12.6 Å². The highest BCUT2D eigenvalue weighted by atomic mass is 16.5. The molecule has 2 heterocycles. The van der Waals surface area contributed by atoms with Crippen molar-refractivity contribution in [2.75, 3.05) is 6.61 Å². The maximum absolute atomic E-state index is 11.7. The van der Waals surface area contributed by atoms with Gasteiger partial charge in [-0.3, -0.25) is 4.79 Å². The zero-order chi connectivity index (χ0) is 15.7. The lowest BCUT2D eigenvalue weighted by Crippen LogP contribution is -2.05. The predicted molar refractivity (Wildman–Crippen MR) is 80.9 cm³/mol. The van der Waals surface area contributed by atoms with E-state index in [2.05, 4.69) is 0 Å². The molecule has 0 atom stereocenters. The van der Waals surface area contributed by atoms with Crippen LogP contribution in [0.4, 0.5) is 0 Å². The molecule has 0 saturated carbocycles. The monoisotopic (exact) mass is 300 g/mol. The van der Waals surface area contributed by atoms with Crippen molar-refractivity contribution in [1.82, 2.24) is 0 Å². The van der Waals surface area contributed by atoms with Crippen molar-refractivity contribution < 1.29 is 18.7 Å². The normalized spacial score (nSPS) is 16.3. The third-order valence-electron chi connectivity index (χ3n) is 3.81. The number of ether oxygens (including phenoxy) is 2. The summed E-state index contributed by atoms with van der Waals surface area (Å²) in [6.45, 7) is 3.94. The molecule has 0 bridgehead atoms.